The van der Waals surface area contributed by atoms with Gasteiger partial charge in [0.15, 0.2) is 5.75 Å². The molecule has 7 heteroatoms. The summed E-state index contributed by atoms with van der Waals surface area (Å²) in [5, 5.41) is 19.3. The van der Waals surface area contributed by atoms with Crippen molar-refractivity contribution < 1.29 is 18.1 Å². The van der Waals surface area contributed by atoms with Gasteiger partial charge in [-0.2, -0.15) is 13.5 Å². The third kappa shape index (κ3) is 2.99. The summed E-state index contributed by atoms with van der Waals surface area (Å²) in [7, 11) is -4.58. The molecule has 122 valence electrons. The number of phenolic OH excluding ortho intramolecular Hbond substituents is 1. The lowest BCUT2D eigenvalue weighted by Gasteiger charge is -2.10. The smallest absolute Gasteiger partial charge is 0.296 e. The summed E-state index contributed by atoms with van der Waals surface area (Å²) in [5.41, 5.74) is 0.953. The minimum Gasteiger partial charge on any atom is -0.505 e. The van der Waals surface area contributed by atoms with Crippen LogP contribution in [0.1, 0.15) is 5.56 Å². The Kier molecular flexibility index (Phi) is 4.04. The lowest BCUT2D eigenvalue weighted by Crippen LogP contribution is -1.99. The highest BCUT2D eigenvalue weighted by molar-refractivity contribution is 7.86. The van der Waals surface area contributed by atoms with E-state index in [1.807, 2.05) is 0 Å². The third-order valence-electron chi connectivity index (χ3n) is 3.59. The van der Waals surface area contributed by atoms with Gasteiger partial charge in [-0.1, -0.05) is 36.4 Å². The number of aryl methyl sites for hydroxylation is 1. The summed E-state index contributed by atoms with van der Waals surface area (Å²) in [5.74, 6) is -0.335. The van der Waals surface area contributed by atoms with Crippen LogP contribution in [-0.4, -0.2) is 18.1 Å². The first kappa shape index (κ1) is 16.1. The zero-order valence-corrected chi connectivity index (χ0v) is 13.5. The zero-order chi connectivity index (χ0) is 17.3. The molecule has 0 fully saturated rings. The van der Waals surface area contributed by atoms with E-state index in [0.717, 1.165) is 5.56 Å². The second kappa shape index (κ2) is 6.03. The summed E-state index contributed by atoms with van der Waals surface area (Å²) in [4.78, 5) is -0.488. The van der Waals surface area contributed by atoms with Gasteiger partial charge in [0.05, 0.1) is 5.69 Å². The van der Waals surface area contributed by atoms with Crippen molar-refractivity contribution in [2.75, 3.05) is 0 Å². The molecule has 2 N–H and O–H groups in total. The maximum atomic E-state index is 11.7. The summed E-state index contributed by atoms with van der Waals surface area (Å²) in [6, 6.07) is 15.1. The first-order valence-corrected chi connectivity index (χ1v) is 8.51. The first-order valence-electron chi connectivity index (χ1n) is 7.07. The molecule has 0 bridgehead atoms. The zero-order valence-electron chi connectivity index (χ0n) is 12.7. The van der Waals surface area contributed by atoms with E-state index in [-0.39, 0.29) is 11.4 Å². The van der Waals surface area contributed by atoms with Crippen LogP contribution in [0.25, 0.3) is 10.8 Å². The van der Waals surface area contributed by atoms with E-state index in [1.165, 1.54) is 6.07 Å². The number of rotatable bonds is 3. The number of aromatic hydroxyl groups is 1. The van der Waals surface area contributed by atoms with Gasteiger partial charge in [0.1, 0.15) is 10.6 Å². The maximum absolute atomic E-state index is 11.7. The van der Waals surface area contributed by atoms with Crippen molar-refractivity contribution in [2.24, 2.45) is 10.2 Å². The molecule has 3 rings (SSSR count). The summed E-state index contributed by atoms with van der Waals surface area (Å²) >= 11 is 0. The van der Waals surface area contributed by atoms with Crippen LogP contribution in [0.2, 0.25) is 0 Å². The summed E-state index contributed by atoms with van der Waals surface area (Å²) in [6.45, 7) is 1.79. The van der Waals surface area contributed by atoms with E-state index >= 15 is 0 Å². The number of hydrogen-bond acceptors (Lipinski definition) is 5. The van der Waals surface area contributed by atoms with E-state index in [1.54, 1.807) is 55.5 Å². The summed E-state index contributed by atoms with van der Waals surface area (Å²) < 4.78 is 32.9. The molecular weight excluding hydrogens is 328 g/mol. The van der Waals surface area contributed by atoms with Crippen LogP contribution in [0, 0.1) is 6.92 Å². The number of hydrogen-bond donors (Lipinski definition) is 2. The van der Waals surface area contributed by atoms with Gasteiger partial charge in [0, 0.05) is 5.39 Å². The van der Waals surface area contributed by atoms with Crippen molar-refractivity contribution in [3.8, 4) is 5.75 Å². The number of phenols is 1. The molecule has 0 aliphatic heterocycles. The highest BCUT2D eigenvalue weighted by Crippen LogP contribution is 2.42. The Morgan fingerprint density at radius 3 is 2.33 bits per heavy atom. The lowest BCUT2D eigenvalue weighted by atomic mass is 10.0. The highest BCUT2D eigenvalue weighted by atomic mass is 32.2. The molecule has 0 atom stereocenters. The molecule has 0 spiro atoms. The Morgan fingerprint density at radius 1 is 0.958 bits per heavy atom. The van der Waals surface area contributed by atoms with Crippen molar-refractivity contribution in [3.63, 3.8) is 0 Å². The molecule has 0 amide bonds. The van der Waals surface area contributed by atoms with E-state index in [4.69, 9.17) is 0 Å². The molecule has 0 saturated carbocycles. The molecule has 0 saturated heterocycles. The predicted molar refractivity (Wildman–Crippen MR) is 90.8 cm³/mol. The average Bonchev–Trinajstić information content (AvgIpc) is 2.54. The van der Waals surface area contributed by atoms with Crippen molar-refractivity contribution in [1.29, 1.82) is 0 Å². The molecule has 0 heterocycles. The molecule has 0 aliphatic rings. The van der Waals surface area contributed by atoms with Gasteiger partial charge in [-0.05, 0) is 36.1 Å². The maximum Gasteiger partial charge on any atom is 0.296 e. The first-order chi connectivity index (χ1) is 11.4. The van der Waals surface area contributed by atoms with Crippen LogP contribution in [0.5, 0.6) is 5.75 Å². The summed E-state index contributed by atoms with van der Waals surface area (Å²) in [6.07, 6.45) is 0. The predicted octanol–water partition coefficient (Wildman–Crippen LogP) is 4.52. The molecule has 0 radical (unpaired) electrons. The second-order valence-electron chi connectivity index (χ2n) is 5.26. The highest BCUT2D eigenvalue weighted by Gasteiger charge is 2.22. The molecule has 3 aromatic rings. The number of azo groups is 1. The number of benzene rings is 3. The lowest BCUT2D eigenvalue weighted by molar-refractivity contribution is 0.472. The topological polar surface area (TPSA) is 99.3 Å². The molecule has 0 unspecified atom stereocenters. The van der Waals surface area contributed by atoms with Gasteiger partial charge in [0.25, 0.3) is 10.1 Å². The molecule has 3 aromatic carbocycles. The SMILES string of the molecule is Cc1cccc2cc(S(=O)(=O)O)c(N=Nc3ccccc3)c(O)c12. The Labute approximate surface area is 138 Å². The minimum absolute atomic E-state index is 0.289. The quantitative estimate of drug-likeness (QED) is 0.540. The van der Waals surface area contributed by atoms with Crippen molar-refractivity contribution in [1.82, 2.24) is 0 Å². The Balaban J connectivity index is 2.30. The third-order valence-corrected chi connectivity index (χ3v) is 4.45. The minimum atomic E-state index is -4.58. The van der Waals surface area contributed by atoms with Crippen LogP contribution in [0.15, 0.2) is 69.7 Å². The molecule has 6 nitrogen and oxygen atoms in total. The van der Waals surface area contributed by atoms with Crippen LogP contribution in [0.3, 0.4) is 0 Å². The van der Waals surface area contributed by atoms with Crippen molar-refractivity contribution >= 4 is 32.3 Å². The largest absolute Gasteiger partial charge is 0.505 e. The molecule has 0 aliphatic carbocycles. The monoisotopic (exact) mass is 342 g/mol. The van der Waals surface area contributed by atoms with Gasteiger partial charge in [-0.15, -0.1) is 5.11 Å². The number of nitrogens with zero attached hydrogens (tertiary/aromatic N) is 2. The van der Waals surface area contributed by atoms with Gasteiger partial charge in [-0.3, -0.25) is 4.55 Å². The normalized spacial score (nSPS) is 12.1. The Morgan fingerprint density at radius 2 is 1.67 bits per heavy atom. The standard InChI is InChI=1S/C17H14N2O4S/c1-11-6-5-7-12-10-14(24(21,22)23)16(17(20)15(11)12)19-18-13-8-3-2-4-9-13/h2-10,20H,1H3,(H,21,22,23). The average molecular weight is 342 g/mol. The molecular formula is C17H14N2O4S. The van der Waals surface area contributed by atoms with Crippen molar-refractivity contribution in [3.05, 3.63) is 60.2 Å². The van der Waals surface area contributed by atoms with Crippen LogP contribution < -0.4 is 0 Å². The van der Waals surface area contributed by atoms with E-state index in [0.29, 0.717) is 16.5 Å². The van der Waals surface area contributed by atoms with Gasteiger partial charge in [0.2, 0.25) is 0 Å². The molecule has 24 heavy (non-hydrogen) atoms. The van der Waals surface area contributed by atoms with Crippen LogP contribution >= 0.6 is 0 Å². The second-order valence-corrected chi connectivity index (χ2v) is 6.65. The van der Waals surface area contributed by atoms with E-state index in [2.05, 4.69) is 10.2 Å². The van der Waals surface area contributed by atoms with Gasteiger partial charge >= 0.3 is 0 Å². The van der Waals surface area contributed by atoms with E-state index in [9.17, 15) is 18.1 Å². The van der Waals surface area contributed by atoms with E-state index < -0.39 is 15.0 Å². The van der Waals surface area contributed by atoms with Crippen LogP contribution in [-0.2, 0) is 10.1 Å². The number of fused-ring (bicyclic) bond motifs is 1. The van der Waals surface area contributed by atoms with Gasteiger partial charge < -0.3 is 5.11 Å². The fourth-order valence-corrected chi connectivity index (χ4v) is 3.13. The van der Waals surface area contributed by atoms with Gasteiger partial charge in [-0.25, -0.2) is 0 Å². The Hall–Kier alpha value is -2.77. The van der Waals surface area contributed by atoms with Crippen LogP contribution in [0.4, 0.5) is 11.4 Å². The fraction of sp³-hybridized carbons (Fsp3) is 0.0588. The Bertz CT molecular complexity index is 1050. The fourth-order valence-electron chi connectivity index (χ4n) is 2.47. The molecule has 0 aromatic heterocycles. The van der Waals surface area contributed by atoms with Crippen molar-refractivity contribution in [2.45, 2.75) is 11.8 Å².